The molecule has 0 bridgehead atoms. The number of ether oxygens (including phenoxy) is 2. The van der Waals surface area contributed by atoms with Crippen LogP contribution in [0.25, 0.3) is 0 Å². The van der Waals surface area contributed by atoms with Crippen molar-refractivity contribution in [2.75, 3.05) is 29.4 Å². The number of hydrogen-bond donors (Lipinski definition) is 2. The summed E-state index contributed by atoms with van der Waals surface area (Å²) in [7, 11) is 1.45. The predicted octanol–water partition coefficient (Wildman–Crippen LogP) is 4.93. The molecule has 1 saturated heterocycles. The average molecular weight is 609 g/mol. The van der Waals surface area contributed by atoms with Crippen molar-refractivity contribution in [3.05, 3.63) is 83.2 Å². The fourth-order valence-corrected chi connectivity index (χ4v) is 4.35. The summed E-state index contributed by atoms with van der Waals surface area (Å²) in [6, 6.07) is 9.85. The van der Waals surface area contributed by atoms with Gasteiger partial charge in [-0.25, -0.2) is 31.8 Å². The maximum atomic E-state index is 14.5. The van der Waals surface area contributed by atoms with Crippen molar-refractivity contribution in [1.29, 1.82) is 0 Å². The van der Waals surface area contributed by atoms with Crippen LogP contribution in [0.4, 0.5) is 39.0 Å². The Morgan fingerprint density at radius 3 is 2.02 bits per heavy atom. The van der Waals surface area contributed by atoms with Crippen molar-refractivity contribution in [2.24, 2.45) is 0 Å². The molecule has 0 radical (unpaired) electrons. The SMILES string of the molecule is CCOC(=O)c1ccc(N2C(=O)C(CC(=O)Nc3ccc(OC)cc3)N(Nc3c(F)c(F)c(F)c(F)c3F)C2=S)cc1. The summed E-state index contributed by atoms with van der Waals surface area (Å²) in [5, 5.41) is 2.72. The Balaban J connectivity index is 1.68. The zero-order chi connectivity index (χ0) is 30.7. The van der Waals surface area contributed by atoms with Crippen molar-refractivity contribution in [3.63, 3.8) is 0 Å². The number of anilines is 3. The highest BCUT2D eigenvalue weighted by Crippen LogP contribution is 2.32. The number of nitrogens with one attached hydrogen (secondary N) is 2. The van der Waals surface area contributed by atoms with Gasteiger partial charge in [0.1, 0.15) is 17.5 Å². The van der Waals surface area contributed by atoms with E-state index in [2.05, 4.69) is 5.32 Å². The first-order valence-electron chi connectivity index (χ1n) is 12.1. The van der Waals surface area contributed by atoms with Gasteiger partial charge in [-0.1, -0.05) is 0 Å². The van der Waals surface area contributed by atoms with Crippen LogP contribution in [-0.4, -0.2) is 47.7 Å². The summed E-state index contributed by atoms with van der Waals surface area (Å²) in [5.74, 6) is -13.0. The van der Waals surface area contributed by atoms with Gasteiger partial charge in [0.25, 0.3) is 5.91 Å². The number of thiocarbonyl (C=S) groups is 1. The molecule has 1 atom stereocenters. The van der Waals surface area contributed by atoms with Crippen molar-refractivity contribution < 1.29 is 45.8 Å². The average Bonchev–Trinajstić information content (AvgIpc) is 3.21. The molecule has 1 heterocycles. The Labute approximate surface area is 240 Å². The van der Waals surface area contributed by atoms with Crippen LogP contribution in [0, 0.1) is 29.1 Å². The number of halogens is 5. The van der Waals surface area contributed by atoms with E-state index in [0.717, 1.165) is 4.90 Å². The summed E-state index contributed by atoms with van der Waals surface area (Å²) in [4.78, 5) is 39.3. The van der Waals surface area contributed by atoms with Gasteiger partial charge in [-0.3, -0.25) is 19.9 Å². The molecule has 0 aromatic heterocycles. The zero-order valence-corrected chi connectivity index (χ0v) is 22.7. The number of nitrogens with zero attached hydrogens (tertiary/aromatic N) is 2. The number of carbonyl (C=O) groups excluding carboxylic acids is 3. The number of rotatable bonds is 9. The van der Waals surface area contributed by atoms with Crippen LogP contribution < -0.4 is 20.4 Å². The van der Waals surface area contributed by atoms with E-state index in [-0.39, 0.29) is 17.9 Å². The van der Waals surface area contributed by atoms with Crippen LogP contribution >= 0.6 is 12.2 Å². The van der Waals surface area contributed by atoms with Gasteiger partial charge in [-0.15, -0.1) is 0 Å². The minimum atomic E-state index is -2.38. The number of methoxy groups -OCH3 is 1. The highest BCUT2D eigenvalue weighted by Gasteiger charge is 2.46. The van der Waals surface area contributed by atoms with Gasteiger partial charge in [-0.05, 0) is 67.7 Å². The fourth-order valence-electron chi connectivity index (χ4n) is 3.98. The van der Waals surface area contributed by atoms with E-state index in [9.17, 15) is 36.3 Å². The number of amides is 2. The van der Waals surface area contributed by atoms with Crippen molar-refractivity contribution in [2.45, 2.75) is 19.4 Å². The number of benzene rings is 3. The molecule has 0 saturated carbocycles. The first-order valence-corrected chi connectivity index (χ1v) is 12.6. The third-order valence-corrected chi connectivity index (χ3v) is 6.42. The second-order valence-corrected chi connectivity index (χ2v) is 9.01. The first-order chi connectivity index (χ1) is 20.0. The van der Waals surface area contributed by atoms with Crippen LogP contribution in [0.5, 0.6) is 5.75 Å². The van der Waals surface area contributed by atoms with Crippen molar-refractivity contribution >= 4 is 52.2 Å². The second kappa shape index (κ2) is 12.4. The third-order valence-electron chi connectivity index (χ3n) is 6.05. The number of hydrazine groups is 1. The molecule has 15 heteroatoms. The number of esters is 1. The standard InChI is InChI=1S/C27H21F5N4O5S/c1-3-41-26(39)13-4-8-15(9-5-13)35-25(38)17(12-18(37)33-14-6-10-16(40-2)11-7-14)36(27(35)42)34-24-22(31)20(29)19(28)21(30)23(24)32/h4-11,17,34H,3,12H2,1-2H3,(H,33,37). The van der Waals surface area contributed by atoms with Crippen LogP contribution in [0.15, 0.2) is 48.5 Å². The number of hydrogen-bond acceptors (Lipinski definition) is 7. The molecule has 2 N–H and O–H groups in total. The lowest BCUT2D eigenvalue weighted by molar-refractivity contribution is -0.124. The lowest BCUT2D eigenvalue weighted by atomic mass is 10.1. The summed E-state index contributed by atoms with van der Waals surface area (Å²) < 4.78 is 80.5. The Bertz CT molecular complexity index is 1530. The van der Waals surface area contributed by atoms with Crippen molar-refractivity contribution in [1.82, 2.24) is 5.01 Å². The molecule has 0 spiro atoms. The highest BCUT2D eigenvalue weighted by molar-refractivity contribution is 7.80. The molecule has 2 amide bonds. The lowest BCUT2D eigenvalue weighted by Gasteiger charge is -2.26. The maximum Gasteiger partial charge on any atom is 0.338 e. The summed E-state index contributed by atoms with van der Waals surface area (Å²) in [6.45, 7) is 1.73. The molecule has 9 nitrogen and oxygen atoms in total. The predicted molar refractivity (Wildman–Crippen MR) is 144 cm³/mol. The van der Waals surface area contributed by atoms with Gasteiger partial charge >= 0.3 is 5.97 Å². The van der Waals surface area contributed by atoms with Crippen LogP contribution in [-0.2, 0) is 14.3 Å². The molecule has 3 aromatic rings. The molecule has 4 rings (SSSR count). The van der Waals surface area contributed by atoms with Gasteiger partial charge in [0.05, 0.1) is 31.4 Å². The Hall–Kier alpha value is -4.79. The normalized spacial score (nSPS) is 14.7. The van der Waals surface area contributed by atoms with Gasteiger partial charge in [-0.2, -0.15) is 0 Å². The Morgan fingerprint density at radius 2 is 1.48 bits per heavy atom. The number of carbonyl (C=O) groups is 3. The molecule has 0 aliphatic carbocycles. The van der Waals surface area contributed by atoms with E-state index < -0.39 is 70.1 Å². The lowest BCUT2D eigenvalue weighted by Crippen LogP contribution is -2.42. The molecule has 1 aliphatic heterocycles. The van der Waals surface area contributed by atoms with Crippen LogP contribution in [0.1, 0.15) is 23.7 Å². The molecule has 1 fully saturated rings. The first kappa shape index (κ1) is 30.2. The third kappa shape index (κ3) is 5.81. The monoisotopic (exact) mass is 608 g/mol. The molecule has 220 valence electrons. The topological polar surface area (TPSA) is 100 Å². The van der Waals surface area contributed by atoms with Gasteiger partial charge < -0.3 is 14.8 Å². The minimum Gasteiger partial charge on any atom is -0.497 e. The van der Waals surface area contributed by atoms with E-state index in [1.807, 2.05) is 5.43 Å². The van der Waals surface area contributed by atoms with Gasteiger partial charge in [0.2, 0.25) is 16.8 Å². The van der Waals surface area contributed by atoms with Crippen molar-refractivity contribution in [3.8, 4) is 5.75 Å². The summed E-state index contributed by atoms with van der Waals surface area (Å²) in [5.41, 5.74) is 1.07. The second-order valence-electron chi connectivity index (χ2n) is 8.65. The minimum absolute atomic E-state index is 0.0836. The van der Waals surface area contributed by atoms with Gasteiger partial charge in [0.15, 0.2) is 23.3 Å². The maximum absolute atomic E-state index is 14.5. The molecule has 1 aliphatic rings. The van der Waals surface area contributed by atoms with Crippen LogP contribution in [0.2, 0.25) is 0 Å². The largest absolute Gasteiger partial charge is 0.497 e. The Kier molecular flexibility index (Phi) is 8.90. The van der Waals surface area contributed by atoms with Gasteiger partial charge in [0, 0.05) is 5.69 Å². The zero-order valence-electron chi connectivity index (χ0n) is 21.8. The molecular formula is C27H21F5N4O5S. The highest BCUT2D eigenvalue weighted by atomic mass is 32.1. The summed E-state index contributed by atoms with van der Waals surface area (Å²) >= 11 is 5.34. The molecular weight excluding hydrogens is 587 g/mol. The van der Waals surface area contributed by atoms with E-state index in [0.29, 0.717) is 16.4 Å². The Morgan fingerprint density at radius 1 is 0.905 bits per heavy atom. The van der Waals surface area contributed by atoms with Crippen LogP contribution in [0.3, 0.4) is 0 Å². The van der Waals surface area contributed by atoms with E-state index in [4.69, 9.17) is 21.7 Å². The summed E-state index contributed by atoms with van der Waals surface area (Å²) in [6.07, 6.45) is -0.662. The van der Waals surface area contributed by atoms with E-state index in [1.165, 1.54) is 43.5 Å². The molecule has 3 aromatic carbocycles. The van der Waals surface area contributed by atoms with E-state index >= 15 is 0 Å². The fraction of sp³-hybridized carbons (Fsp3) is 0.185. The van der Waals surface area contributed by atoms with E-state index in [1.54, 1.807) is 19.1 Å². The molecule has 1 unspecified atom stereocenters. The molecule has 42 heavy (non-hydrogen) atoms. The smallest absolute Gasteiger partial charge is 0.338 e. The quantitative estimate of drug-likeness (QED) is 0.116.